The lowest BCUT2D eigenvalue weighted by atomic mass is 10.1. The number of hydrogen-bond donors (Lipinski definition) is 2. The highest BCUT2D eigenvalue weighted by Crippen LogP contribution is 2.35. The first-order valence-electron chi connectivity index (χ1n) is 7.76. The highest BCUT2D eigenvalue weighted by atomic mass is 32.1. The summed E-state index contributed by atoms with van der Waals surface area (Å²) in [5.41, 5.74) is 5.15. The Kier molecular flexibility index (Phi) is 8.16. The van der Waals surface area contributed by atoms with E-state index in [1.165, 1.54) is 13.3 Å². The van der Waals surface area contributed by atoms with Crippen LogP contribution in [0.4, 0.5) is 18.9 Å². The van der Waals surface area contributed by atoms with E-state index in [-0.39, 0.29) is 28.7 Å². The highest BCUT2D eigenvalue weighted by molar-refractivity contribution is 7.80. The molecule has 0 aliphatic rings. The molecule has 3 N–H and O–H groups in total. The van der Waals surface area contributed by atoms with Crippen LogP contribution in [-0.4, -0.2) is 11.7 Å². The van der Waals surface area contributed by atoms with E-state index in [9.17, 15) is 13.2 Å². The molecule has 1 aromatic rings. The van der Waals surface area contributed by atoms with Crippen molar-refractivity contribution in [2.75, 3.05) is 11.9 Å². The molecule has 0 aromatic heterocycles. The first-order valence-corrected chi connectivity index (χ1v) is 8.17. The Morgan fingerprint density at radius 1 is 1.04 bits per heavy atom. The predicted molar refractivity (Wildman–Crippen MR) is 90.3 cm³/mol. The van der Waals surface area contributed by atoms with Crippen LogP contribution in [0.25, 0.3) is 0 Å². The normalized spacial score (nSPS) is 10.7. The molecule has 0 saturated carbocycles. The Morgan fingerprint density at radius 2 is 1.65 bits per heavy atom. The largest absolute Gasteiger partial charge is 0.488 e. The summed E-state index contributed by atoms with van der Waals surface area (Å²) < 4.78 is 46.5. The first kappa shape index (κ1) is 19.5. The minimum Gasteiger partial charge on any atom is -0.488 e. The summed E-state index contributed by atoms with van der Waals surface area (Å²) in [4.78, 5) is 0. The van der Waals surface area contributed by atoms with Gasteiger partial charge in [0.1, 0.15) is 0 Å². The maximum absolute atomic E-state index is 14.0. The zero-order valence-corrected chi connectivity index (χ0v) is 14.3. The summed E-state index contributed by atoms with van der Waals surface area (Å²) >= 11 is 4.68. The monoisotopic (exact) mass is 348 g/mol. The van der Waals surface area contributed by atoms with Crippen molar-refractivity contribution in [3.8, 4) is 5.75 Å². The van der Waals surface area contributed by atoms with E-state index in [1.807, 2.05) is 0 Å². The van der Waals surface area contributed by atoms with Crippen LogP contribution in [0.1, 0.15) is 51.0 Å². The van der Waals surface area contributed by atoms with Gasteiger partial charge in [0.05, 0.1) is 12.3 Å². The third kappa shape index (κ3) is 5.57. The van der Waals surface area contributed by atoms with Crippen molar-refractivity contribution >= 4 is 23.0 Å². The molecule has 0 heterocycles. The molecule has 0 bridgehead atoms. The lowest BCUT2D eigenvalue weighted by Crippen LogP contribution is -2.21. The van der Waals surface area contributed by atoms with Gasteiger partial charge in [-0.05, 0) is 25.6 Å². The van der Waals surface area contributed by atoms with E-state index in [1.54, 1.807) is 0 Å². The average molecular weight is 348 g/mol. The fraction of sp³-hybridized carbons (Fsp3) is 0.562. The van der Waals surface area contributed by atoms with E-state index in [2.05, 4.69) is 24.5 Å². The fourth-order valence-electron chi connectivity index (χ4n) is 2.22. The second-order valence-corrected chi connectivity index (χ2v) is 5.82. The molecule has 0 fully saturated rings. The Balaban J connectivity index is 2.78. The molecule has 1 aromatic carbocycles. The van der Waals surface area contributed by atoms with Crippen LogP contribution in [0.2, 0.25) is 0 Å². The summed E-state index contributed by atoms with van der Waals surface area (Å²) in [6.45, 7) is 3.64. The summed E-state index contributed by atoms with van der Waals surface area (Å²) in [5.74, 6) is -4.61. The molecule has 0 aliphatic carbocycles. The summed E-state index contributed by atoms with van der Waals surface area (Å²) in [5, 5.41) is 2.28. The summed E-state index contributed by atoms with van der Waals surface area (Å²) in [7, 11) is 0. The molecule has 0 aliphatic heterocycles. The standard InChI is InChI=1S/C16H23F3N2OS/c1-3-4-5-6-7-8-9-22-15-13(19)12(18)11(17)10(2)14(15)21-16(20)23/h3-9H2,1-2H3,(H3,20,21,23). The topological polar surface area (TPSA) is 47.3 Å². The molecule has 1 rings (SSSR count). The third-order valence-electron chi connectivity index (χ3n) is 3.51. The van der Waals surface area contributed by atoms with Gasteiger partial charge in [0, 0.05) is 5.56 Å². The van der Waals surface area contributed by atoms with Crippen molar-refractivity contribution in [3.63, 3.8) is 0 Å². The zero-order chi connectivity index (χ0) is 17.4. The van der Waals surface area contributed by atoms with E-state index < -0.39 is 17.5 Å². The number of benzene rings is 1. The van der Waals surface area contributed by atoms with Gasteiger partial charge in [0.2, 0.25) is 5.82 Å². The fourth-order valence-corrected chi connectivity index (χ4v) is 2.32. The van der Waals surface area contributed by atoms with Crippen LogP contribution >= 0.6 is 12.2 Å². The molecule has 0 amide bonds. The Labute approximate surface area is 140 Å². The molecule has 130 valence electrons. The number of rotatable bonds is 9. The molecule has 0 spiro atoms. The molecule has 0 unspecified atom stereocenters. The van der Waals surface area contributed by atoms with Crippen molar-refractivity contribution in [2.24, 2.45) is 5.73 Å². The van der Waals surface area contributed by atoms with Gasteiger partial charge >= 0.3 is 0 Å². The Hall–Kier alpha value is -1.50. The first-order chi connectivity index (χ1) is 10.9. The number of anilines is 1. The Morgan fingerprint density at radius 3 is 2.26 bits per heavy atom. The smallest absolute Gasteiger partial charge is 0.205 e. The van der Waals surface area contributed by atoms with E-state index in [4.69, 9.17) is 10.5 Å². The van der Waals surface area contributed by atoms with Crippen molar-refractivity contribution in [2.45, 2.75) is 52.4 Å². The quantitative estimate of drug-likeness (QED) is 0.382. The maximum atomic E-state index is 14.0. The van der Waals surface area contributed by atoms with Crippen LogP contribution in [0.15, 0.2) is 0 Å². The SMILES string of the molecule is CCCCCCCCOc1c(F)c(F)c(F)c(C)c1NC(N)=S. The number of unbranched alkanes of at least 4 members (excludes halogenated alkanes) is 5. The minimum atomic E-state index is -1.56. The molecular weight excluding hydrogens is 325 g/mol. The van der Waals surface area contributed by atoms with Crippen molar-refractivity contribution < 1.29 is 17.9 Å². The maximum Gasteiger partial charge on any atom is 0.205 e. The van der Waals surface area contributed by atoms with Crippen molar-refractivity contribution in [3.05, 3.63) is 23.0 Å². The molecule has 0 radical (unpaired) electrons. The lowest BCUT2D eigenvalue weighted by Gasteiger charge is -2.17. The number of nitrogens with one attached hydrogen (secondary N) is 1. The Bertz CT molecular complexity index is 553. The zero-order valence-electron chi connectivity index (χ0n) is 13.5. The summed E-state index contributed by atoms with van der Waals surface area (Å²) in [6, 6.07) is 0. The molecule has 0 atom stereocenters. The van der Waals surface area contributed by atoms with Crippen LogP contribution < -0.4 is 15.8 Å². The number of hydrogen-bond acceptors (Lipinski definition) is 2. The van der Waals surface area contributed by atoms with Gasteiger partial charge in [0.25, 0.3) is 0 Å². The van der Waals surface area contributed by atoms with E-state index in [0.717, 1.165) is 25.7 Å². The molecule has 23 heavy (non-hydrogen) atoms. The van der Waals surface area contributed by atoms with Crippen LogP contribution in [0, 0.1) is 24.4 Å². The molecular formula is C16H23F3N2OS. The van der Waals surface area contributed by atoms with Gasteiger partial charge in [-0.3, -0.25) is 0 Å². The number of halogens is 3. The van der Waals surface area contributed by atoms with Crippen molar-refractivity contribution in [1.29, 1.82) is 0 Å². The molecule has 7 heteroatoms. The van der Waals surface area contributed by atoms with Gasteiger partial charge in [-0.1, -0.05) is 39.0 Å². The summed E-state index contributed by atoms with van der Waals surface area (Å²) in [6.07, 6.45) is 6.18. The number of ether oxygens (including phenoxy) is 1. The van der Waals surface area contributed by atoms with Crippen LogP contribution in [0.3, 0.4) is 0 Å². The van der Waals surface area contributed by atoms with Gasteiger partial charge in [-0.2, -0.15) is 4.39 Å². The van der Waals surface area contributed by atoms with Gasteiger partial charge in [0.15, 0.2) is 22.5 Å². The van der Waals surface area contributed by atoms with Crippen LogP contribution in [-0.2, 0) is 0 Å². The number of nitrogens with two attached hydrogens (primary N) is 1. The van der Waals surface area contributed by atoms with Gasteiger partial charge in [-0.15, -0.1) is 0 Å². The molecule has 3 nitrogen and oxygen atoms in total. The second-order valence-electron chi connectivity index (χ2n) is 5.38. The third-order valence-corrected chi connectivity index (χ3v) is 3.61. The lowest BCUT2D eigenvalue weighted by molar-refractivity contribution is 0.283. The minimum absolute atomic E-state index is 0.0696. The average Bonchev–Trinajstić information content (AvgIpc) is 2.51. The number of thiocarbonyl (C=S) groups is 1. The van der Waals surface area contributed by atoms with Gasteiger partial charge in [-0.25, -0.2) is 8.78 Å². The van der Waals surface area contributed by atoms with Crippen LogP contribution in [0.5, 0.6) is 5.75 Å². The van der Waals surface area contributed by atoms with E-state index >= 15 is 0 Å². The van der Waals surface area contributed by atoms with E-state index in [0.29, 0.717) is 6.42 Å². The predicted octanol–water partition coefficient (Wildman–Crippen LogP) is 4.81. The highest BCUT2D eigenvalue weighted by Gasteiger charge is 2.24. The van der Waals surface area contributed by atoms with Crippen molar-refractivity contribution in [1.82, 2.24) is 0 Å². The molecule has 0 saturated heterocycles. The second kappa shape index (κ2) is 9.60. The van der Waals surface area contributed by atoms with Gasteiger partial charge < -0.3 is 15.8 Å².